The van der Waals surface area contributed by atoms with E-state index in [1.807, 2.05) is 37.3 Å². The number of fused-ring (bicyclic) bond motifs is 1. The third-order valence-corrected chi connectivity index (χ3v) is 9.44. The van der Waals surface area contributed by atoms with Gasteiger partial charge in [0.1, 0.15) is 11.9 Å². The van der Waals surface area contributed by atoms with E-state index in [1.54, 1.807) is 12.1 Å². The van der Waals surface area contributed by atoms with Crippen molar-refractivity contribution >= 4 is 12.1 Å². The van der Waals surface area contributed by atoms with E-state index in [0.717, 1.165) is 58.2 Å². The Morgan fingerprint density at radius 3 is 2.10 bits per heavy atom. The van der Waals surface area contributed by atoms with Crippen LogP contribution in [0.1, 0.15) is 68.8 Å². The van der Waals surface area contributed by atoms with Gasteiger partial charge in [0.2, 0.25) is 0 Å². The Morgan fingerprint density at radius 1 is 0.840 bits per heavy atom. The molecule has 0 N–H and O–H groups in total. The van der Waals surface area contributed by atoms with Crippen LogP contribution in [0.5, 0.6) is 5.75 Å². The summed E-state index contributed by atoms with van der Waals surface area (Å²) in [6.45, 7) is 3.40. The molecule has 1 fully saturated rings. The highest BCUT2D eigenvalue weighted by Crippen LogP contribution is 2.44. The van der Waals surface area contributed by atoms with Crippen LogP contribution in [-0.2, 0) is 41.2 Å². The number of hydrogen-bond donors (Lipinski definition) is 0. The number of ether oxygens (including phenoxy) is 3. The SMILES string of the molecule is COC(=O)c1ccc(-c2ccc(OC)c(-c3cc4c(cc3CN3C(=O)O[C@H](c5cc(C(F)(F)F)cc(C(F)(F)F)c5)C3C)CCC4)c2)c(C)c1. The standard InChI is InChI=1S/C38H33F6NO5/c1-20-12-25(35(46)49-4)8-10-30(20)24-9-11-33(48-3)32(17-24)31-16-23-7-5-6-22(23)13-27(31)19-45-21(2)34(50-36(45)47)26-14-28(37(39,40)41)18-29(15-26)38(42,43)44/h8-18,21,34H,5-7,19H2,1-4H3/t21?,34-/m0/s1. The molecule has 1 saturated heterocycles. The number of carbonyl (C=O) groups is 2. The van der Waals surface area contributed by atoms with Crippen molar-refractivity contribution in [1.29, 1.82) is 0 Å². The Balaban J connectivity index is 1.40. The predicted octanol–water partition coefficient (Wildman–Crippen LogP) is 9.73. The zero-order valence-corrected chi connectivity index (χ0v) is 27.6. The highest BCUT2D eigenvalue weighted by molar-refractivity contribution is 5.91. The predicted molar refractivity (Wildman–Crippen MR) is 173 cm³/mol. The molecule has 4 aromatic rings. The molecule has 1 heterocycles. The van der Waals surface area contributed by atoms with Crippen molar-refractivity contribution in [1.82, 2.24) is 4.90 Å². The first-order valence-corrected chi connectivity index (χ1v) is 15.9. The summed E-state index contributed by atoms with van der Waals surface area (Å²) in [5.41, 5.74) is 4.00. The van der Waals surface area contributed by atoms with Crippen LogP contribution in [0.15, 0.2) is 66.7 Å². The molecule has 6 nitrogen and oxygen atoms in total. The zero-order valence-electron chi connectivity index (χ0n) is 27.6. The average molecular weight is 698 g/mol. The summed E-state index contributed by atoms with van der Waals surface area (Å²) in [7, 11) is 2.85. The molecule has 12 heteroatoms. The molecule has 0 bridgehead atoms. The molecule has 1 amide bonds. The summed E-state index contributed by atoms with van der Waals surface area (Å²) in [4.78, 5) is 26.7. The minimum Gasteiger partial charge on any atom is -0.496 e. The third kappa shape index (κ3) is 6.63. The molecule has 1 aliphatic carbocycles. The molecule has 4 aromatic carbocycles. The first-order chi connectivity index (χ1) is 23.6. The molecule has 1 aliphatic heterocycles. The Morgan fingerprint density at radius 2 is 1.50 bits per heavy atom. The smallest absolute Gasteiger partial charge is 0.416 e. The van der Waals surface area contributed by atoms with Gasteiger partial charge in [0.25, 0.3) is 0 Å². The molecular weight excluding hydrogens is 664 g/mol. The number of cyclic esters (lactones) is 1. The lowest BCUT2D eigenvalue weighted by atomic mass is 9.90. The number of hydrogen-bond acceptors (Lipinski definition) is 5. The van der Waals surface area contributed by atoms with E-state index in [-0.39, 0.29) is 12.6 Å². The molecule has 0 spiro atoms. The molecular formula is C38H33F6NO5. The monoisotopic (exact) mass is 697 g/mol. The number of halogens is 6. The van der Waals surface area contributed by atoms with E-state index in [2.05, 4.69) is 6.07 Å². The number of esters is 1. The van der Waals surface area contributed by atoms with E-state index in [4.69, 9.17) is 14.2 Å². The van der Waals surface area contributed by atoms with Crippen molar-refractivity contribution in [3.63, 3.8) is 0 Å². The van der Waals surface area contributed by atoms with Crippen LogP contribution in [0.4, 0.5) is 31.1 Å². The summed E-state index contributed by atoms with van der Waals surface area (Å²) in [5.74, 6) is 0.0963. The topological polar surface area (TPSA) is 65.1 Å². The van der Waals surface area contributed by atoms with Crippen LogP contribution in [0.2, 0.25) is 0 Å². The number of nitrogens with zero attached hydrogens (tertiary/aromatic N) is 1. The van der Waals surface area contributed by atoms with Gasteiger partial charge in [-0.15, -0.1) is 0 Å². The highest BCUT2D eigenvalue weighted by atomic mass is 19.4. The van der Waals surface area contributed by atoms with E-state index in [0.29, 0.717) is 29.0 Å². The summed E-state index contributed by atoms with van der Waals surface area (Å²) in [5, 5.41) is 0. The van der Waals surface area contributed by atoms with Crippen molar-refractivity contribution < 1.29 is 50.1 Å². The molecule has 6 rings (SSSR count). The van der Waals surface area contributed by atoms with Crippen molar-refractivity contribution in [3.05, 3.63) is 111 Å². The summed E-state index contributed by atoms with van der Waals surface area (Å²) in [6, 6.07) is 15.3. The third-order valence-electron chi connectivity index (χ3n) is 9.44. The number of alkyl halides is 6. The van der Waals surface area contributed by atoms with Crippen LogP contribution < -0.4 is 4.74 Å². The van der Waals surface area contributed by atoms with Crippen molar-refractivity contribution in [2.75, 3.05) is 14.2 Å². The van der Waals surface area contributed by atoms with Crippen LogP contribution in [0, 0.1) is 6.92 Å². The number of carbonyl (C=O) groups excluding carboxylic acids is 2. The lowest BCUT2D eigenvalue weighted by molar-refractivity contribution is -0.143. The Kier molecular flexibility index (Phi) is 9.09. The fraction of sp³-hybridized carbons (Fsp3) is 0.316. The summed E-state index contributed by atoms with van der Waals surface area (Å²) in [6.07, 6.45) is -9.73. The van der Waals surface area contributed by atoms with Gasteiger partial charge in [-0.25, -0.2) is 9.59 Å². The van der Waals surface area contributed by atoms with Crippen LogP contribution >= 0.6 is 0 Å². The van der Waals surface area contributed by atoms with Gasteiger partial charge in [0.15, 0.2) is 0 Å². The van der Waals surface area contributed by atoms with Crippen LogP contribution in [0.25, 0.3) is 22.3 Å². The highest BCUT2D eigenvalue weighted by Gasteiger charge is 2.43. The first kappa shape index (κ1) is 34.8. The summed E-state index contributed by atoms with van der Waals surface area (Å²) < 4.78 is 98.0. The number of rotatable bonds is 7. The minimum atomic E-state index is -5.05. The van der Waals surface area contributed by atoms with Gasteiger partial charge < -0.3 is 14.2 Å². The molecule has 0 radical (unpaired) electrons. The molecule has 0 saturated carbocycles. The molecule has 0 aromatic heterocycles. The van der Waals surface area contributed by atoms with Crippen molar-refractivity contribution in [2.45, 2.75) is 64.2 Å². The quantitative estimate of drug-likeness (QED) is 0.142. The van der Waals surface area contributed by atoms with Crippen molar-refractivity contribution in [3.8, 4) is 28.0 Å². The van der Waals surface area contributed by atoms with Gasteiger partial charge in [-0.3, -0.25) is 4.90 Å². The Hall–Kier alpha value is -5.00. The number of methoxy groups -OCH3 is 2. The molecule has 1 unspecified atom stereocenters. The first-order valence-electron chi connectivity index (χ1n) is 15.9. The molecule has 2 aliphatic rings. The second-order valence-electron chi connectivity index (χ2n) is 12.6. The van der Waals surface area contributed by atoms with Crippen LogP contribution in [0.3, 0.4) is 0 Å². The van der Waals surface area contributed by atoms with Gasteiger partial charge in [-0.2, -0.15) is 26.3 Å². The maximum Gasteiger partial charge on any atom is 0.416 e. The molecule has 2 atom stereocenters. The number of benzene rings is 4. The normalized spacial score (nSPS) is 17.5. The lowest BCUT2D eigenvalue weighted by Gasteiger charge is -2.24. The van der Waals surface area contributed by atoms with Crippen molar-refractivity contribution in [2.24, 2.45) is 0 Å². The average Bonchev–Trinajstić information content (AvgIpc) is 3.65. The molecule has 50 heavy (non-hydrogen) atoms. The summed E-state index contributed by atoms with van der Waals surface area (Å²) >= 11 is 0. The van der Waals surface area contributed by atoms with Gasteiger partial charge >= 0.3 is 24.4 Å². The second kappa shape index (κ2) is 13.0. The van der Waals surface area contributed by atoms with Gasteiger partial charge in [0.05, 0.1) is 43.5 Å². The van der Waals surface area contributed by atoms with E-state index in [1.165, 1.54) is 26.0 Å². The largest absolute Gasteiger partial charge is 0.496 e. The van der Waals surface area contributed by atoms with E-state index < -0.39 is 53.3 Å². The van der Waals surface area contributed by atoms with Gasteiger partial charge in [0, 0.05) is 5.56 Å². The fourth-order valence-corrected chi connectivity index (χ4v) is 6.86. The Bertz CT molecular complexity index is 1950. The lowest BCUT2D eigenvalue weighted by Crippen LogP contribution is -2.31. The fourth-order valence-electron chi connectivity index (χ4n) is 6.86. The van der Waals surface area contributed by atoms with E-state index >= 15 is 0 Å². The van der Waals surface area contributed by atoms with Gasteiger partial charge in [-0.05, 0) is 120 Å². The minimum absolute atomic E-state index is 0.0234. The van der Waals surface area contributed by atoms with E-state index in [9.17, 15) is 35.9 Å². The molecule has 262 valence electrons. The number of aryl methyl sites for hydroxylation is 3. The van der Waals surface area contributed by atoms with Gasteiger partial charge in [-0.1, -0.05) is 24.3 Å². The maximum atomic E-state index is 13.6. The zero-order chi connectivity index (χ0) is 36.1. The number of amides is 1. The maximum absolute atomic E-state index is 13.6. The van der Waals surface area contributed by atoms with Crippen LogP contribution in [-0.4, -0.2) is 37.2 Å². The Labute approximate surface area is 284 Å². The second-order valence-corrected chi connectivity index (χ2v) is 12.6.